The molecule has 0 aromatic heterocycles. The van der Waals surface area contributed by atoms with Gasteiger partial charge in [-0.2, -0.15) is 0 Å². The zero-order valence-electron chi connectivity index (χ0n) is 9.73. The van der Waals surface area contributed by atoms with Gasteiger partial charge in [-0.3, -0.25) is 15.5 Å². The maximum Gasteiger partial charge on any atom is 0.270 e. The second-order valence-corrected chi connectivity index (χ2v) is 4.74. The number of benzene rings is 1. The van der Waals surface area contributed by atoms with Gasteiger partial charge in [-0.05, 0) is 18.9 Å². The molecule has 1 aromatic carbocycles. The summed E-state index contributed by atoms with van der Waals surface area (Å²) < 4.78 is 5.65. The van der Waals surface area contributed by atoms with Crippen molar-refractivity contribution in [3.05, 3.63) is 33.9 Å². The molecule has 1 aliphatic carbocycles. The third-order valence-corrected chi connectivity index (χ3v) is 3.53. The Kier molecular flexibility index (Phi) is 2.26. The molecule has 1 aromatic rings. The highest BCUT2D eigenvalue weighted by Gasteiger charge is 2.41. The average molecular weight is 247 g/mol. The Bertz CT molecular complexity index is 535. The number of rotatable bonds is 1. The predicted octanol–water partition coefficient (Wildman–Crippen LogP) is 2.63. The number of hydrogen-bond acceptors (Lipinski definition) is 5. The Balaban J connectivity index is 2.01. The van der Waals surface area contributed by atoms with Crippen LogP contribution in [-0.2, 0) is 4.74 Å². The first-order chi connectivity index (χ1) is 8.60. The van der Waals surface area contributed by atoms with Crippen LogP contribution in [0.15, 0.2) is 18.2 Å². The molecule has 1 saturated carbocycles. The molecule has 1 aliphatic heterocycles. The lowest BCUT2D eigenvalue weighted by molar-refractivity contribution is -0.384. The van der Waals surface area contributed by atoms with Crippen molar-refractivity contribution in [3.63, 3.8) is 0 Å². The monoisotopic (exact) mass is 247 g/mol. The van der Waals surface area contributed by atoms with Crippen molar-refractivity contribution in [1.29, 1.82) is 5.41 Å². The number of ether oxygens (including phenoxy) is 1. The molecule has 2 aliphatic rings. The van der Waals surface area contributed by atoms with E-state index in [0.717, 1.165) is 31.4 Å². The normalized spacial score (nSPS) is 20.1. The topological polar surface area (TPSA) is 88.2 Å². The van der Waals surface area contributed by atoms with Gasteiger partial charge in [0.15, 0.2) is 5.72 Å². The molecule has 1 fully saturated rings. The first-order valence-electron chi connectivity index (χ1n) is 5.94. The summed E-state index contributed by atoms with van der Waals surface area (Å²) in [7, 11) is 0. The molecule has 6 nitrogen and oxygen atoms in total. The molecule has 0 unspecified atom stereocenters. The molecule has 94 valence electrons. The minimum absolute atomic E-state index is 0.0220. The van der Waals surface area contributed by atoms with Crippen molar-refractivity contribution in [2.45, 2.75) is 31.4 Å². The average Bonchev–Trinajstić information content (AvgIpc) is 2.76. The van der Waals surface area contributed by atoms with Crippen molar-refractivity contribution in [2.24, 2.45) is 0 Å². The molecule has 2 N–H and O–H groups in total. The smallest absolute Gasteiger partial charge is 0.270 e. The third-order valence-electron chi connectivity index (χ3n) is 3.53. The van der Waals surface area contributed by atoms with Gasteiger partial charge in [0.25, 0.3) is 5.69 Å². The summed E-state index contributed by atoms with van der Waals surface area (Å²) in [6.45, 7) is 0. The summed E-state index contributed by atoms with van der Waals surface area (Å²) in [4.78, 5) is 10.3. The van der Waals surface area contributed by atoms with Crippen molar-refractivity contribution in [3.8, 4) is 0 Å². The fraction of sp³-hybridized carbons (Fsp3) is 0.417. The first-order valence-corrected chi connectivity index (χ1v) is 5.94. The molecule has 0 saturated heterocycles. The van der Waals surface area contributed by atoms with Crippen LogP contribution < -0.4 is 5.32 Å². The number of nitrogens with one attached hydrogen (secondary N) is 2. The molecule has 3 rings (SSSR count). The Morgan fingerprint density at radius 3 is 2.78 bits per heavy atom. The number of anilines is 1. The molecule has 0 atom stereocenters. The second kappa shape index (κ2) is 3.69. The molecule has 0 radical (unpaired) electrons. The fourth-order valence-corrected chi connectivity index (χ4v) is 2.64. The highest BCUT2D eigenvalue weighted by molar-refractivity contribution is 6.00. The second-order valence-electron chi connectivity index (χ2n) is 4.74. The third kappa shape index (κ3) is 1.61. The SMILES string of the molecule is N=C1OC2(CCCC2)Nc2ccc([N+](=O)[O-])cc21. The highest BCUT2D eigenvalue weighted by Crippen LogP contribution is 2.40. The van der Waals surface area contributed by atoms with Crippen LogP contribution in [0.2, 0.25) is 0 Å². The van der Waals surface area contributed by atoms with Gasteiger partial charge in [-0.15, -0.1) is 0 Å². The van der Waals surface area contributed by atoms with E-state index < -0.39 is 10.6 Å². The molecule has 18 heavy (non-hydrogen) atoms. The number of fused-ring (bicyclic) bond motifs is 1. The summed E-state index contributed by atoms with van der Waals surface area (Å²) >= 11 is 0. The van der Waals surface area contributed by atoms with E-state index in [2.05, 4.69) is 5.32 Å². The molecule has 1 spiro atoms. The minimum atomic E-state index is -0.472. The van der Waals surface area contributed by atoms with E-state index in [-0.39, 0.29) is 11.6 Å². The van der Waals surface area contributed by atoms with Crippen LogP contribution >= 0.6 is 0 Å². The number of nitrogens with zero attached hydrogens (tertiary/aromatic N) is 1. The maximum absolute atomic E-state index is 10.7. The fourth-order valence-electron chi connectivity index (χ4n) is 2.64. The van der Waals surface area contributed by atoms with Crippen LogP contribution in [0.25, 0.3) is 0 Å². The van der Waals surface area contributed by atoms with Crippen LogP contribution in [0.4, 0.5) is 11.4 Å². The Hall–Kier alpha value is -2.11. The lowest BCUT2D eigenvalue weighted by atomic mass is 10.0. The van der Waals surface area contributed by atoms with Gasteiger partial charge in [0.1, 0.15) is 0 Å². The Labute approximate surface area is 104 Å². The van der Waals surface area contributed by atoms with Gasteiger partial charge in [-0.1, -0.05) is 0 Å². The van der Waals surface area contributed by atoms with E-state index in [0.29, 0.717) is 5.56 Å². The summed E-state index contributed by atoms with van der Waals surface area (Å²) in [6.07, 6.45) is 3.88. The maximum atomic E-state index is 10.7. The molecule has 6 heteroatoms. The van der Waals surface area contributed by atoms with E-state index in [1.54, 1.807) is 6.07 Å². The highest BCUT2D eigenvalue weighted by atomic mass is 16.6. The molecular weight excluding hydrogens is 234 g/mol. The van der Waals surface area contributed by atoms with E-state index in [1.807, 2.05) is 0 Å². The summed E-state index contributed by atoms with van der Waals surface area (Å²) in [6, 6.07) is 4.49. The zero-order valence-corrected chi connectivity index (χ0v) is 9.73. The van der Waals surface area contributed by atoms with Gasteiger partial charge >= 0.3 is 0 Å². The first kappa shape index (κ1) is 11.0. The molecule has 0 amide bonds. The Morgan fingerprint density at radius 2 is 2.11 bits per heavy atom. The van der Waals surface area contributed by atoms with Crippen molar-refractivity contribution in [1.82, 2.24) is 0 Å². The van der Waals surface area contributed by atoms with Crippen LogP contribution in [0.3, 0.4) is 0 Å². The van der Waals surface area contributed by atoms with Crippen molar-refractivity contribution in [2.75, 3.05) is 5.32 Å². The van der Waals surface area contributed by atoms with E-state index in [1.165, 1.54) is 12.1 Å². The van der Waals surface area contributed by atoms with Gasteiger partial charge in [0.2, 0.25) is 5.90 Å². The summed E-state index contributed by atoms with van der Waals surface area (Å²) in [5.74, 6) is 0.0225. The van der Waals surface area contributed by atoms with E-state index in [4.69, 9.17) is 10.1 Å². The molecular formula is C12H13N3O3. The van der Waals surface area contributed by atoms with Crippen molar-refractivity contribution >= 4 is 17.3 Å². The van der Waals surface area contributed by atoms with Gasteiger partial charge in [-0.25, -0.2) is 0 Å². The van der Waals surface area contributed by atoms with Gasteiger partial charge < -0.3 is 10.1 Å². The zero-order chi connectivity index (χ0) is 12.8. The number of nitro groups is 1. The van der Waals surface area contributed by atoms with Crippen molar-refractivity contribution < 1.29 is 9.66 Å². The number of non-ortho nitro benzene ring substituents is 1. The van der Waals surface area contributed by atoms with Crippen LogP contribution in [0.1, 0.15) is 31.2 Å². The molecule has 1 heterocycles. The van der Waals surface area contributed by atoms with Gasteiger partial charge in [0, 0.05) is 25.0 Å². The van der Waals surface area contributed by atoms with Crippen LogP contribution in [0.5, 0.6) is 0 Å². The lowest BCUT2D eigenvalue weighted by Gasteiger charge is -2.37. The molecule has 0 bridgehead atoms. The standard InChI is InChI=1S/C12H13N3O3/c13-11-9-7-8(15(16)17)3-4-10(9)14-12(18-11)5-1-2-6-12/h3-4,7,13-14H,1-2,5-6H2. The van der Waals surface area contributed by atoms with Gasteiger partial charge in [0.05, 0.1) is 16.2 Å². The number of hydrogen-bond donors (Lipinski definition) is 2. The van der Waals surface area contributed by atoms with Crippen LogP contribution in [0, 0.1) is 15.5 Å². The summed E-state index contributed by atoms with van der Waals surface area (Å²) in [5, 5.41) is 21.9. The predicted molar refractivity (Wildman–Crippen MR) is 65.8 cm³/mol. The number of nitro benzene ring substituents is 1. The van der Waals surface area contributed by atoms with Crippen LogP contribution in [-0.4, -0.2) is 16.5 Å². The largest absolute Gasteiger partial charge is 0.451 e. The lowest BCUT2D eigenvalue weighted by Crippen LogP contribution is -2.44. The summed E-state index contributed by atoms with van der Waals surface area (Å²) in [5.41, 5.74) is 0.715. The van der Waals surface area contributed by atoms with E-state index >= 15 is 0 Å². The van der Waals surface area contributed by atoms with E-state index in [9.17, 15) is 10.1 Å². The quantitative estimate of drug-likeness (QED) is 0.589. The minimum Gasteiger partial charge on any atom is -0.451 e. The Morgan fingerprint density at radius 1 is 1.39 bits per heavy atom.